The fourth-order valence-electron chi connectivity index (χ4n) is 3.33. The van der Waals surface area contributed by atoms with Crippen LogP contribution in [-0.2, 0) is 11.0 Å². The number of alkyl halides is 3. The zero-order valence-corrected chi connectivity index (χ0v) is 17.2. The Balaban J connectivity index is 1.62. The van der Waals surface area contributed by atoms with Gasteiger partial charge >= 0.3 is 12.1 Å². The lowest BCUT2D eigenvalue weighted by atomic mass is 9.97. The Morgan fingerprint density at radius 2 is 1.71 bits per heavy atom. The second kappa shape index (κ2) is 9.27. The van der Waals surface area contributed by atoms with Crippen LogP contribution in [0.15, 0.2) is 22.6 Å². The third-order valence-electron chi connectivity index (χ3n) is 4.94. The second-order valence-electron chi connectivity index (χ2n) is 6.83. The molecule has 1 amide bonds. The van der Waals surface area contributed by atoms with Gasteiger partial charge in [0.1, 0.15) is 0 Å². The summed E-state index contributed by atoms with van der Waals surface area (Å²) in [5.74, 6) is -0.549. The molecule has 0 N–H and O–H groups in total. The molecular formula is C20H22F3N3O5. The van der Waals surface area contributed by atoms with E-state index in [1.807, 2.05) is 0 Å². The number of hydrogen-bond donors (Lipinski definition) is 0. The van der Waals surface area contributed by atoms with Crippen molar-refractivity contribution in [3.8, 4) is 17.2 Å². The van der Waals surface area contributed by atoms with E-state index in [1.54, 1.807) is 23.1 Å². The lowest BCUT2D eigenvalue weighted by molar-refractivity contribution is -0.157. The van der Waals surface area contributed by atoms with Gasteiger partial charge in [-0.1, -0.05) is 0 Å². The minimum atomic E-state index is -4.67. The Hall–Kier alpha value is -3.24. The van der Waals surface area contributed by atoms with Gasteiger partial charge in [-0.2, -0.15) is 13.2 Å². The number of carbonyl (C=O) groups excluding carboxylic acids is 1. The molecule has 3 rings (SSSR count). The maximum atomic E-state index is 12.6. The number of aromatic nitrogens is 2. The maximum absolute atomic E-state index is 12.6. The van der Waals surface area contributed by atoms with Gasteiger partial charge < -0.3 is 23.5 Å². The molecule has 0 aliphatic carbocycles. The molecule has 2 aromatic rings. The van der Waals surface area contributed by atoms with Gasteiger partial charge in [0.25, 0.3) is 0 Å². The van der Waals surface area contributed by atoms with Crippen LogP contribution >= 0.6 is 0 Å². The SMILES string of the molecule is COc1cc(/C=C/C(=O)N2CCC(c3nnc(C(F)(F)F)o3)CC2)cc(OC)c1OC. The summed E-state index contributed by atoms with van der Waals surface area (Å²) in [7, 11) is 4.50. The average Bonchev–Trinajstić information content (AvgIpc) is 3.27. The van der Waals surface area contributed by atoms with E-state index in [4.69, 9.17) is 18.6 Å². The number of rotatable bonds is 6. The highest BCUT2D eigenvalue weighted by Gasteiger charge is 2.39. The van der Waals surface area contributed by atoms with Gasteiger partial charge in [-0.25, -0.2) is 0 Å². The number of carbonyl (C=O) groups is 1. The summed E-state index contributed by atoms with van der Waals surface area (Å²) in [6.07, 6.45) is -0.742. The fraction of sp³-hybridized carbons (Fsp3) is 0.450. The molecule has 31 heavy (non-hydrogen) atoms. The highest BCUT2D eigenvalue weighted by Crippen LogP contribution is 2.38. The first-order chi connectivity index (χ1) is 14.8. The van der Waals surface area contributed by atoms with E-state index in [0.29, 0.717) is 48.7 Å². The molecule has 1 aliphatic rings. The molecule has 0 spiro atoms. The first-order valence-electron chi connectivity index (χ1n) is 9.44. The van der Waals surface area contributed by atoms with Crippen LogP contribution in [0.25, 0.3) is 6.08 Å². The van der Waals surface area contributed by atoms with Gasteiger partial charge in [0.15, 0.2) is 11.5 Å². The molecule has 1 aromatic carbocycles. The Labute approximate surface area is 176 Å². The van der Waals surface area contributed by atoms with Crippen molar-refractivity contribution in [2.24, 2.45) is 0 Å². The second-order valence-corrected chi connectivity index (χ2v) is 6.83. The zero-order chi connectivity index (χ0) is 22.6. The van der Waals surface area contributed by atoms with Crippen LogP contribution in [0.4, 0.5) is 13.2 Å². The van der Waals surface area contributed by atoms with E-state index < -0.39 is 12.1 Å². The predicted octanol–water partition coefficient (Wildman–Crippen LogP) is 3.53. The Bertz CT molecular complexity index is 925. The topological polar surface area (TPSA) is 86.9 Å². The van der Waals surface area contributed by atoms with E-state index in [2.05, 4.69) is 10.2 Å². The molecule has 0 radical (unpaired) electrons. The van der Waals surface area contributed by atoms with Gasteiger partial charge in [0.2, 0.25) is 17.5 Å². The summed E-state index contributed by atoms with van der Waals surface area (Å²) in [6.45, 7) is 0.736. The third-order valence-corrected chi connectivity index (χ3v) is 4.94. The fourth-order valence-corrected chi connectivity index (χ4v) is 3.33. The maximum Gasteiger partial charge on any atom is 0.470 e. The molecule has 11 heteroatoms. The van der Waals surface area contributed by atoms with E-state index >= 15 is 0 Å². The smallest absolute Gasteiger partial charge is 0.470 e. The molecule has 0 saturated carbocycles. The van der Waals surface area contributed by atoms with E-state index in [0.717, 1.165) is 0 Å². The number of nitrogens with zero attached hydrogens (tertiary/aromatic N) is 3. The van der Waals surface area contributed by atoms with Gasteiger partial charge in [0.05, 0.1) is 21.3 Å². The molecule has 1 aliphatic heterocycles. The summed E-state index contributed by atoms with van der Waals surface area (Å²) in [4.78, 5) is 14.2. The van der Waals surface area contributed by atoms with E-state index in [-0.39, 0.29) is 17.7 Å². The number of hydrogen-bond acceptors (Lipinski definition) is 7. The predicted molar refractivity (Wildman–Crippen MR) is 103 cm³/mol. The highest BCUT2D eigenvalue weighted by atomic mass is 19.4. The Morgan fingerprint density at radius 1 is 1.10 bits per heavy atom. The normalized spacial score (nSPS) is 15.4. The number of benzene rings is 1. The molecule has 0 bridgehead atoms. The summed E-state index contributed by atoms with van der Waals surface area (Å²) in [5, 5.41) is 6.57. The number of halogens is 3. The Morgan fingerprint density at radius 3 is 2.19 bits per heavy atom. The van der Waals surface area contributed by atoms with Crippen LogP contribution < -0.4 is 14.2 Å². The van der Waals surface area contributed by atoms with Crippen LogP contribution in [0.1, 0.15) is 36.1 Å². The van der Waals surface area contributed by atoms with Gasteiger partial charge in [-0.15, -0.1) is 10.2 Å². The van der Waals surface area contributed by atoms with Crippen molar-refractivity contribution in [2.45, 2.75) is 24.9 Å². The number of ether oxygens (including phenoxy) is 3. The van der Waals surface area contributed by atoms with E-state index in [9.17, 15) is 18.0 Å². The lowest BCUT2D eigenvalue weighted by Crippen LogP contribution is -2.36. The molecule has 2 heterocycles. The summed E-state index contributed by atoms with van der Waals surface area (Å²) in [5.41, 5.74) is 0.684. The van der Waals surface area contributed by atoms with E-state index in [1.165, 1.54) is 27.4 Å². The largest absolute Gasteiger partial charge is 0.493 e. The van der Waals surface area contributed by atoms with Crippen LogP contribution in [-0.4, -0.2) is 55.4 Å². The number of piperidine rings is 1. The van der Waals surface area contributed by atoms with Crippen molar-refractivity contribution < 1.29 is 36.6 Å². The van der Waals surface area contributed by atoms with Crippen LogP contribution in [0.5, 0.6) is 17.2 Å². The number of methoxy groups -OCH3 is 3. The zero-order valence-electron chi connectivity index (χ0n) is 17.2. The first kappa shape index (κ1) is 22.4. The molecule has 1 saturated heterocycles. The minimum Gasteiger partial charge on any atom is -0.493 e. The summed E-state index contributed by atoms with van der Waals surface area (Å²) >= 11 is 0. The standard InChI is InChI=1S/C20H22F3N3O5/c1-28-14-10-12(11-15(29-2)17(14)30-3)4-5-16(27)26-8-6-13(7-9-26)18-24-25-19(31-18)20(21,22)23/h4-5,10-11,13H,6-9H2,1-3H3/b5-4+. The molecule has 0 atom stereocenters. The monoisotopic (exact) mass is 441 g/mol. The average molecular weight is 441 g/mol. The van der Waals surface area contributed by atoms with Crippen molar-refractivity contribution >= 4 is 12.0 Å². The van der Waals surface area contributed by atoms with Gasteiger partial charge in [-0.05, 0) is 36.6 Å². The molecule has 8 nitrogen and oxygen atoms in total. The molecule has 1 fully saturated rings. The van der Waals surface area contributed by atoms with Crippen LogP contribution in [0, 0.1) is 0 Å². The molecule has 0 unspecified atom stereocenters. The van der Waals surface area contributed by atoms with Gasteiger partial charge in [-0.3, -0.25) is 4.79 Å². The van der Waals surface area contributed by atoms with Gasteiger partial charge in [0, 0.05) is 25.1 Å². The molecule has 1 aromatic heterocycles. The lowest BCUT2D eigenvalue weighted by Gasteiger charge is -2.29. The van der Waals surface area contributed by atoms with Crippen LogP contribution in [0.2, 0.25) is 0 Å². The van der Waals surface area contributed by atoms with Crippen molar-refractivity contribution in [1.29, 1.82) is 0 Å². The summed E-state index contributed by atoms with van der Waals surface area (Å²) in [6, 6.07) is 3.43. The van der Waals surface area contributed by atoms with Crippen molar-refractivity contribution in [3.63, 3.8) is 0 Å². The Kier molecular flexibility index (Phi) is 6.71. The van der Waals surface area contributed by atoms with Crippen molar-refractivity contribution in [1.82, 2.24) is 15.1 Å². The quantitative estimate of drug-likeness (QED) is 0.634. The minimum absolute atomic E-state index is 0.0487. The van der Waals surface area contributed by atoms with Crippen LogP contribution in [0.3, 0.4) is 0 Å². The van der Waals surface area contributed by atoms with Crippen molar-refractivity contribution in [3.05, 3.63) is 35.6 Å². The third kappa shape index (κ3) is 5.09. The van der Waals surface area contributed by atoms with Crippen molar-refractivity contribution in [2.75, 3.05) is 34.4 Å². The number of likely N-dealkylation sites (tertiary alicyclic amines) is 1. The molecule has 168 valence electrons. The first-order valence-corrected chi connectivity index (χ1v) is 9.44. The summed E-state index contributed by atoms with van der Waals surface area (Å²) < 4.78 is 58.5. The molecular weight excluding hydrogens is 419 g/mol. The highest BCUT2D eigenvalue weighted by molar-refractivity contribution is 5.92. The number of amides is 1.